The Morgan fingerprint density at radius 1 is 1.12 bits per heavy atom. The summed E-state index contributed by atoms with van der Waals surface area (Å²) >= 11 is 1.58. The van der Waals surface area contributed by atoms with Crippen molar-refractivity contribution in [3.8, 4) is 0 Å². The van der Waals surface area contributed by atoms with Crippen molar-refractivity contribution in [3.63, 3.8) is 0 Å². The molecule has 0 aromatic heterocycles. The number of carbonyl (C=O) groups excluding carboxylic acids is 2. The lowest BCUT2D eigenvalue weighted by Crippen LogP contribution is -2.44. The quantitative estimate of drug-likeness (QED) is 0.462. The minimum absolute atomic E-state index is 0.103. The maximum absolute atomic E-state index is 13.2. The molecular weight excluding hydrogens is 434 g/mol. The first kappa shape index (κ1) is 23.8. The van der Waals surface area contributed by atoms with Crippen LogP contribution in [0, 0.1) is 0 Å². The number of nitrogens with zero attached hydrogens (tertiary/aromatic N) is 2. The van der Waals surface area contributed by atoms with Crippen LogP contribution in [0.5, 0.6) is 0 Å². The highest BCUT2D eigenvalue weighted by atomic mass is 32.2. The summed E-state index contributed by atoms with van der Waals surface area (Å²) in [6, 6.07) is 13.5. The van der Waals surface area contributed by atoms with E-state index in [-0.39, 0.29) is 11.7 Å². The van der Waals surface area contributed by atoms with E-state index in [0.29, 0.717) is 24.3 Å². The van der Waals surface area contributed by atoms with Crippen LogP contribution in [0.3, 0.4) is 0 Å². The summed E-state index contributed by atoms with van der Waals surface area (Å²) in [6.07, 6.45) is 3.56. The SMILES string of the molecule is CCCCCC(=O)c1ccc2c(c1)N(Cc1ccc(N3CCOCC3)cc1)C(=O)[C@@H](N)CS2. The molecule has 33 heavy (non-hydrogen) atoms. The van der Waals surface area contributed by atoms with Crippen molar-refractivity contribution in [1.29, 1.82) is 0 Å². The molecule has 2 aromatic rings. The molecule has 0 saturated carbocycles. The second-order valence-corrected chi connectivity index (χ2v) is 9.73. The summed E-state index contributed by atoms with van der Waals surface area (Å²) in [5, 5.41) is 0. The second-order valence-electron chi connectivity index (χ2n) is 8.67. The van der Waals surface area contributed by atoms with Crippen LogP contribution in [0.4, 0.5) is 11.4 Å². The van der Waals surface area contributed by atoms with Gasteiger partial charge in [0.05, 0.1) is 31.5 Å². The van der Waals surface area contributed by atoms with Gasteiger partial charge in [0.1, 0.15) is 0 Å². The fourth-order valence-corrected chi connectivity index (χ4v) is 5.24. The average molecular weight is 468 g/mol. The van der Waals surface area contributed by atoms with Crippen molar-refractivity contribution < 1.29 is 14.3 Å². The molecule has 2 heterocycles. The summed E-state index contributed by atoms with van der Waals surface area (Å²) in [7, 11) is 0. The van der Waals surface area contributed by atoms with Gasteiger partial charge in [0.25, 0.3) is 0 Å². The highest BCUT2D eigenvalue weighted by Crippen LogP contribution is 2.36. The highest BCUT2D eigenvalue weighted by Gasteiger charge is 2.29. The van der Waals surface area contributed by atoms with Crippen LogP contribution in [0.1, 0.15) is 48.5 Å². The molecule has 4 rings (SSSR count). The number of benzene rings is 2. The van der Waals surface area contributed by atoms with Gasteiger partial charge >= 0.3 is 0 Å². The van der Waals surface area contributed by atoms with Gasteiger partial charge in [-0.3, -0.25) is 9.59 Å². The van der Waals surface area contributed by atoms with Gasteiger partial charge in [0.15, 0.2) is 5.78 Å². The van der Waals surface area contributed by atoms with Crippen LogP contribution in [0.2, 0.25) is 0 Å². The van der Waals surface area contributed by atoms with Crippen LogP contribution in [-0.2, 0) is 16.1 Å². The van der Waals surface area contributed by atoms with Crippen molar-refractivity contribution in [3.05, 3.63) is 53.6 Å². The molecule has 2 aromatic carbocycles. The summed E-state index contributed by atoms with van der Waals surface area (Å²) in [5.74, 6) is 0.559. The van der Waals surface area contributed by atoms with Gasteiger partial charge in [0, 0.05) is 41.4 Å². The minimum Gasteiger partial charge on any atom is -0.378 e. The number of Topliss-reactive ketones (excluding diaryl/α,β-unsaturated/α-hetero) is 1. The standard InChI is InChI=1S/C26H33N3O3S/c1-2-3-4-5-24(30)20-8-11-25-23(16-20)29(26(31)22(27)18-33-25)17-19-6-9-21(10-7-19)28-12-14-32-15-13-28/h6-11,16,22H,2-5,12-15,17-18,27H2,1H3/t22-/m0/s1. The molecule has 0 aliphatic carbocycles. The normalized spacial score (nSPS) is 18.7. The van der Waals surface area contributed by atoms with Gasteiger partial charge in [-0.1, -0.05) is 38.0 Å². The van der Waals surface area contributed by atoms with Crippen molar-refractivity contribution in [2.75, 3.05) is 41.9 Å². The number of ketones is 1. The average Bonchev–Trinajstić information content (AvgIpc) is 2.97. The number of nitrogens with two attached hydrogens (primary N) is 1. The van der Waals surface area contributed by atoms with E-state index in [0.717, 1.165) is 67.4 Å². The Labute approximate surface area is 200 Å². The molecule has 7 heteroatoms. The van der Waals surface area contributed by atoms with Gasteiger partial charge in [-0.15, -0.1) is 11.8 Å². The summed E-state index contributed by atoms with van der Waals surface area (Å²) in [5.41, 5.74) is 9.86. The smallest absolute Gasteiger partial charge is 0.245 e. The minimum atomic E-state index is -0.571. The molecule has 0 spiro atoms. The number of fused-ring (bicyclic) bond motifs is 1. The number of hydrogen-bond donors (Lipinski definition) is 1. The zero-order valence-electron chi connectivity index (χ0n) is 19.3. The second kappa shape index (κ2) is 11.2. The molecule has 176 valence electrons. The fourth-order valence-electron chi connectivity index (χ4n) is 4.25. The zero-order valence-corrected chi connectivity index (χ0v) is 20.1. The monoisotopic (exact) mass is 467 g/mol. The Hall–Kier alpha value is -2.35. The lowest BCUT2D eigenvalue weighted by atomic mass is 10.0. The number of unbranched alkanes of at least 4 members (excludes halogenated alkanes) is 2. The molecule has 2 aliphatic rings. The lowest BCUT2D eigenvalue weighted by Gasteiger charge is -2.29. The Morgan fingerprint density at radius 3 is 2.61 bits per heavy atom. The van der Waals surface area contributed by atoms with Crippen molar-refractivity contribution in [2.45, 2.75) is 50.1 Å². The van der Waals surface area contributed by atoms with Crippen LogP contribution < -0.4 is 15.5 Å². The Bertz CT molecular complexity index is 973. The largest absolute Gasteiger partial charge is 0.378 e. The molecule has 0 bridgehead atoms. The molecule has 6 nitrogen and oxygen atoms in total. The number of ether oxygens (including phenoxy) is 1. The van der Waals surface area contributed by atoms with Gasteiger partial charge in [-0.2, -0.15) is 0 Å². The predicted molar refractivity (Wildman–Crippen MR) is 134 cm³/mol. The molecule has 0 radical (unpaired) electrons. The van der Waals surface area contributed by atoms with Crippen molar-refractivity contribution >= 4 is 34.8 Å². The molecule has 2 aliphatic heterocycles. The molecule has 0 unspecified atom stereocenters. The van der Waals surface area contributed by atoms with Gasteiger partial charge in [-0.05, 0) is 36.2 Å². The summed E-state index contributed by atoms with van der Waals surface area (Å²) < 4.78 is 5.44. The van der Waals surface area contributed by atoms with E-state index >= 15 is 0 Å². The number of rotatable bonds is 8. The van der Waals surface area contributed by atoms with E-state index in [1.54, 1.807) is 16.7 Å². The van der Waals surface area contributed by atoms with Gasteiger partial charge < -0.3 is 20.3 Å². The number of morpholine rings is 1. The number of amides is 1. The first-order valence-electron chi connectivity index (χ1n) is 11.9. The van der Waals surface area contributed by atoms with E-state index < -0.39 is 6.04 Å². The van der Waals surface area contributed by atoms with E-state index in [1.165, 1.54) is 0 Å². The molecular formula is C26H33N3O3S. The number of carbonyl (C=O) groups is 2. The maximum Gasteiger partial charge on any atom is 0.245 e. The molecule has 2 N–H and O–H groups in total. The number of hydrogen-bond acceptors (Lipinski definition) is 6. The van der Waals surface area contributed by atoms with Crippen LogP contribution in [-0.4, -0.2) is 49.8 Å². The fraction of sp³-hybridized carbons (Fsp3) is 0.462. The van der Waals surface area contributed by atoms with E-state index in [4.69, 9.17) is 10.5 Å². The van der Waals surface area contributed by atoms with Gasteiger partial charge in [-0.25, -0.2) is 0 Å². The van der Waals surface area contributed by atoms with Gasteiger partial charge in [0.2, 0.25) is 5.91 Å². The van der Waals surface area contributed by atoms with Crippen molar-refractivity contribution in [2.24, 2.45) is 5.73 Å². The van der Waals surface area contributed by atoms with Crippen LogP contribution in [0.25, 0.3) is 0 Å². The molecule has 1 amide bonds. The number of anilines is 2. The lowest BCUT2D eigenvalue weighted by molar-refractivity contribution is -0.119. The molecule has 1 saturated heterocycles. The zero-order chi connectivity index (χ0) is 23.2. The topological polar surface area (TPSA) is 75.9 Å². The molecule has 1 fully saturated rings. The first-order chi connectivity index (χ1) is 16.1. The van der Waals surface area contributed by atoms with Crippen molar-refractivity contribution in [1.82, 2.24) is 0 Å². The number of thioether (sulfide) groups is 1. The van der Waals surface area contributed by atoms with Crippen LogP contribution in [0.15, 0.2) is 47.4 Å². The molecule has 1 atom stereocenters. The van der Waals surface area contributed by atoms with E-state index in [2.05, 4.69) is 36.1 Å². The maximum atomic E-state index is 13.2. The predicted octanol–water partition coefficient (Wildman–Crippen LogP) is 4.25. The summed E-state index contributed by atoms with van der Waals surface area (Å²) in [4.78, 5) is 31.0. The van der Waals surface area contributed by atoms with E-state index in [9.17, 15) is 9.59 Å². The third-order valence-electron chi connectivity index (χ3n) is 6.23. The Kier molecular flexibility index (Phi) is 8.06. The van der Waals surface area contributed by atoms with Crippen LogP contribution >= 0.6 is 11.8 Å². The Balaban J connectivity index is 1.56. The Morgan fingerprint density at radius 2 is 1.88 bits per heavy atom. The third kappa shape index (κ3) is 5.78. The highest BCUT2D eigenvalue weighted by molar-refractivity contribution is 7.99. The van der Waals surface area contributed by atoms with E-state index in [1.807, 2.05) is 18.2 Å². The third-order valence-corrected chi connectivity index (χ3v) is 7.42. The summed E-state index contributed by atoms with van der Waals surface area (Å²) in [6.45, 7) is 5.82. The first-order valence-corrected chi connectivity index (χ1v) is 12.8.